The SMILES string of the molecule is COc1ccc(C(CN2C(=O)c3cccc(NC(=O)CN(C)C)c3C2=O)S(C)(=O)=O)cc1OC. The number of carbonyl (C=O) groups excluding carboxylic acids is 3. The van der Waals surface area contributed by atoms with Crippen LogP contribution in [0.1, 0.15) is 31.5 Å². The smallest absolute Gasteiger partial charge is 0.263 e. The average Bonchev–Trinajstić information content (AvgIpc) is 3.00. The maximum atomic E-state index is 13.3. The van der Waals surface area contributed by atoms with Gasteiger partial charge in [-0.2, -0.15) is 0 Å². The Morgan fingerprint density at radius 1 is 1.06 bits per heavy atom. The summed E-state index contributed by atoms with van der Waals surface area (Å²) in [6.45, 7) is -0.309. The molecular weight excluding hydrogens is 462 g/mol. The summed E-state index contributed by atoms with van der Waals surface area (Å²) in [7, 11) is 2.59. The van der Waals surface area contributed by atoms with Crippen LogP contribution in [0.15, 0.2) is 36.4 Å². The number of carbonyl (C=O) groups is 3. The Morgan fingerprint density at radius 2 is 1.74 bits per heavy atom. The van der Waals surface area contributed by atoms with E-state index in [9.17, 15) is 22.8 Å². The molecule has 11 heteroatoms. The predicted octanol–water partition coefficient (Wildman–Crippen LogP) is 1.59. The number of nitrogens with zero attached hydrogens (tertiary/aromatic N) is 2. The summed E-state index contributed by atoms with van der Waals surface area (Å²) in [4.78, 5) is 41.1. The zero-order valence-corrected chi connectivity index (χ0v) is 20.4. The maximum absolute atomic E-state index is 13.3. The topological polar surface area (TPSA) is 122 Å². The lowest BCUT2D eigenvalue weighted by Crippen LogP contribution is -2.36. The van der Waals surface area contributed by atoms with E-state index in [0.717, 1.165) is 11.2 Å². The number of fused-ring (bicyclic) bond motifs is 1. The number of sulfone groups is 1. The standard InChI is InChI=1S/C23H27N3O7S/c1-25(2)13-20(27)24-16-8-6-7-15-21(16)23(29)26(22(15)28)12-19(34(5,30)31)14-9-10-17(32-3)18(11-14)33-4/h6-11,19H,12-13H2,1-5H3,(H,24,27). The first-order chi connectivity index (χ1) is 16.0. The molecule has 2 aromatic carbocycles. The van der Waals surface area contributed by atoms with Crippen molar-refractivity contribution >= 4 is 33.2 Å². The van der Waals surface area contributed by atoms with Crippen molar-refractivity contribution in [3.05, 3.63) is 53.1 Å². The molecule has 1 aliphatic rings. The summed E-state index contributed by atoms with van der Waals surface area (Å²) in [5, 5.41) is 1.47. The molecule has 0 saturated carbocycles. The van der Waals surface area contributed by atoms with Gasteiger partial charge in [-0.05, 0) is 43.9 Å². The van der Waals surface area contributed by atoms with E-state index >= 15 is 0 Å². The fourth-order valence-electron chi connectivity index (χ4n) is 3.79. The van der Waals surface area contributed by atoms with E-state index in [-0.39, 0.29) is 29.3 Å². The minimum Gasteiger partial charge on any atom is -0.493 e. The third-order valence-corrected chi connectivity index (χ3v) is 6.83. The van der Waals surface area contributed by atoms with E-state index in [0.29, 0.717) is 17.1 Å². The van der Waals surface area contributed by atoms with Crippen molar-refractivity contribution in [2.45, 2.75) is 5.25 Å². The van der Waals surface area contributed by atoms with Crippen molar-refractivity contribution in [3.63, 3.8) is 0 Å². The fraction of sp³-hybridized carbons (Fsp3) is 0.348. The zero-order valence-electron chi connectivity index (χ0n) is 19.6. The normalized spacial score (nSPS) is 14.2. The van der Waals surface area contributed by atoms with E-state index < -0.39 is 33.4 Å². The van der Waals surface area contributed by atoms with Gasteiger partial charge in [0.15, 0.2) is 21.3 Å². The zero-order chi connectivity index (χ0) is 25.2. The van der Waals surface area contributed by atoms with Crippen LogP contribution in [0, 0.1) is 0 Å². The largest absolute Gasteiger partial charge is 0.493 e. The van der Waals surface area contributed by atoms with E-state index in [1.54, 1.807) is 37.2 Å². The summed E-state index contributed by atoms with van der Waals surface area (Å²) >= 11 is 0. The highest BCUT2D eigenvalue weighted by molar-refractivity contribution is 7.91. The van der Waals surface area contributed by atoms with E-state index in [1.807, 2.05) is 0 Å². The van der Waals surface area contributed by atoms with Gasteiger partial charge in [0.1, 0.15) is 5.25 Å². The van der Waals surface area contributed by atoms with Crippen LogP contribution >= 0.6 is 0 Å². The highest BCUT2D eigenvalue weighted by Gasteiger charge is 2.41. The molecule has 2 aromatic rings. The Labute approximate surface area is 198 Å². The number of nitrogens with one attached hydrogen (secondary N) is 1. The van der Waals surface area contributed by atoms with Gasteiger partial charge in [0.2, 0.25) is 5.91 Å². The van der Waals surface area contributed by atoms with Crippen molar-refractivity contribution in [2.24, 2.45) is 0 Å². The Hall–Kier alpha value is -3.44. The molecule has 3 amide bonds. The van der Waals surface area contributed by atoms with Crippen LogP contribution in [-0.2, 0) is 14.6 Å². The summed E-state index contributed by atoms with van der Waals surface area (Å²) in [5.74, 6) is -0.914. The Bertz CT molecular complexity index is 1240. The first-order valence-corrected chi connectivity index (χ1v) is 12.3. The molecule has 0 aromatic heterocycles. The molecule has 0 spiro atoms. The van der Waals surface area contributed by atoms with E-state index in [4.69, 9.17) is 9.47 Å². The second-order valence-corrected chi connectivity index (χ2v) is 10.4. The molecule has 10 nitrogen and oxygen atoms in total. The lowest BCUT2D eigenvalue weighted by Gasteiger charge is -2.22. The van der Waals surface area contributed by atoms with Gasteiger partial charge in [0, 0.05) is 6.26 Å². The minimum atomic E-state index is -3.74. The van der Waals surface area contributed by atoms with Crippen LogP contribution in [-0.4, -0.2) is 83.6 Å². The number of anilines is 1. The van der Waals surface area contributed by atoms with Gasteiger partial charge in [-0.3, -0.25) is 19.3 Å². The summed E-state index contributed by atoms with van der Waals surface area (Å²) in [6, 6.07) is 9.19. The van der Waals surface area contributed by atoms with Gasteiger partial charge in [-0.15, -0.1) is 0 Å². The molecule has 1 N–H and O–H groups in total. The van der Waals surface area contributed by atoms with Gasteiger partial charge in [0.25, 0.3) is 11.8 Å². The van der Waals surface area contributed by atoms with Gasteiger partial charge in [0.05, 0.1) is 44.1 Å². The molecule has 0 fully saturated rings. The van der Waals surface area contributed by atoms with Crippen molar-refractivity contribution in [1.82, 2.24) is 9.80 Å². The Morgan fingerprint density at radius 3 is 2.32 bits per heavy atom. The molecule has 182 valence electrons. The van der Waals surface area contributed by atoms with Crippen molar-refractivity contribution < 1.29 is 32.3 Å². The Balaban J connectivity index is 1.96. The quantitative estimate of drug-likeness (QED) is 0.527. The van der Waals surface area contributed by atoms with Crippen LogP contribution in [0.25, 0.3) is 0 Å². The molecule has 1 heterocycles. The lowest BCUT2D eigenvalue weighted by atomic mass is 10.1. The van der Waals surface area contributed by atoms with Gasteiger partial charge in [-0.25, -0.2) is 8.42 Å². The lowest BCUT2D eigenvalue weighted by molar-refractivity contribution is -0.116. The van der Waals surface area contributed by atoms with E-state index in [2.05, 4.69) is 5.32 Å². The number of likely N-dealkylation sites (N-methyl/N-ethyl adjacent to an activating group) is 1. The van der Waals surface area contributed by atoms with Crippen LogP contribution in [0.2, 0.25) is 0 Å². The first-order valence-electron chi connectivity index (χ1n) is 10.3. The highest BCUT2D eigenvalue weighted by Crippen LogP contribution is 2.35. The fourth-order valence-corrected chi connectivity index (χ4v) is 4.85. The summed E-state index contributed by atoms with van der Waals surface area (Å²) < 4.78 is 35.9. The van der Waals surface area contributed by atoms with Gasteiger partial charge in [-0.1, -0.05) is 12.1 Å². The van der Waals surface area contributed by atoms with Crippen LogP contribution in [0.4, 0.5) is 5.69 Å². The number of hydrogen-bond donors (Lipinski definition) is 1. The number of rotatable bonds is 9. The number of benzene rings is 2. The molecule has 1 aliphatic heterocycles. The van der Waals surface area contributed by atoms with Crippen LogP contribution in [0.5, 0.6) is 11.5 Å². The Kier molecular flexibility index (Phi) is 7.27. The first kappa shape index (κ1) is 25.2. The predicted molar refractivity (Wildman–Crippen MR) is 126 cm³/mol. The van der Waals surface area contributed by atoms with Crippen LogP contribution in [0.3, 0.4) is 0 Å². The number of imide groups is 1. The second-order valence-electron chi connectivity index (χ2n) is 8.17. The summed E-state index contributed by atoms with van der Waals surface area (Å²) in [5.41, 5.74) is 0.690. The van der Waals surface area contributed by atoms with Crippen LogP contribution < -0.4 is 14.8 Å². The number of amides is 3. The third-order valence-electron chi connectivity index (χ3n) is 5.38. The van der Waals surface area contributed by atoms with E-state index in [1.165, 1.54) is 32.4 Å². The van der Waals surface area contributed by atoms with Crippen molar-refractivity contribution in [3.8, 4) is 11.5 Å². The second kappa shape index (κ2) is 9.82. The number of methoxy groups -OCH3 is 2. The highest BCUT2D eigenvalue weighted by atomic mass is 32.2. The molecule has 0 bridgehead atoms. The monoisotopic (exact) mass is 489 g/mol. The molecule has 3 rings (SSSR count). The average molecular weight is 490 g/mol. The minimum absolute atomic E-state index is 0.0409. The molecule has 0 radical (unpaired) electrons. The molecule has 0 aliphatic carbocycles. The number of hydrogen-bond acceptors (Lipinski definition) is 8. The molecule has 1 atom stereocenters. The molecule has 0 saturated heterocycles. The number of ether oxygens (including phenoxy) is 2. The maximum Gasteiger partial charge on any atom is 0.263 e. The third kappa shape index (κ3) is 5.05. The molecular formula is C23H27N3O7S. The van der Waals surface area contributed by atoms with Crippen molar-refractivity contribution in [2.75, 3.05) is 53.0 Å². The van der Waals surface area contributed by atoms with Gasteiger partial charge >= 0.3 is 0 Å². The molecule has 34 heavy (non-hydrogen) atoms. The molecule has 1 unspecified atom stereocenters. The summed E-state index contributed by atoms with van der Waals surface area (Å²) in [6.07, 6.45) is 1.04. The van der Waals surface area contributed by atoms with Crippen molar-refractivity contribution in [1.29, 1.82) is 0 Å². The van der Waals surface area contributed by atoms with Gasteiger partial charge < -0.3 is 19.7 Å².